The van der Waals surface area contributed by atoms with Crippen molar-refractivity contribution in [3.05, 3.63) is 34.9 Å². The number of fused-ring (bicyclic) bond motifs is 3. The summed E-state index contributed by atoms with van der Waals surface area (Å²) in [5, 5.41) is 18.4. The molecule has 6 heteroatoms. The summed E-state index contributed by atoms with van der Waals surface area (Å²) in [6.07, 6.45) is 6.51. The van der Waals surface area contributed by atoms with Gasteiger partial charge in [0.15, 0.2) is 0 Å². The molecule has 0 fully saturated rings. The quantitative estimate of drug-likeness (QED) is 0.263. The number of ether oxygens (including phenoxy) is 3. The van der Waals surface area contributed by atoms with Crippen LogP contribution in [0.3, 0.4) is 0 Å². The first kappa shape index (κ1) is 23.6. The van der Waals surface area contributed by atoms with Crippen molar-refractivity contribution in [1.29, 1.82) is 0 Å². The summed E-state index contributed by atoms with van der Waals surface area (Å²) in [6, 6.07) is 4.02. The van der Waals surface area contributed by atoms with E-state index in [2.05, 4.69) is 39.8 Å². The molecule has 0 aromatic heterocycles. The lowest BCUT2D eigenvalue weighted by Crippen LogP contribution is -2.45. The Morgan fingerprint density at radius 3 is 2.81 bits per heavy atom. The molecule has 2 aliphatic rings. The predicted octanol–water partition coefficient (Wildman–Crippen LogP) is 4.90. The lowest BCUT2D eigenvalue weighted by Gasteiger charge is -2.46. The van der Waals surface area contributed by atoms with E-state index in [1.807, 2.05) is 6.07 Å². The van der Waals surface area contributed by atoms with E-state index in [-0.39, 0.29) is 24.0 Å². The lowest BCUT2D eigenvalue weighted by molar-refractivity contribution is 0.00812. The van der Waals surface area contributed by atoms with Crippen LogP contribution >= 0.6 is 0 Å². The number of aryl methyl sites for hydroxylation is 1. The number of hydrogen-bond donors (Lipinski definition) is 2. The van der Waals surface area contributed by atoms with Gasteiger partial charge in [0.05, 0.1) is 6.61 Å². The number of aliphatic hydroxyl groups excluding tert-OH is 2. The van der Waals surface area contributed by atoms with Crippen molar-refractivity contribution in [3.63, 3.8) is 0 Å². The Kier molecular flexibility index (Phi) is 7.65. The van der Waals surface area contributed by atoms with Gasteiger partial charge in [-0.1, -0.05) is 31.4 Å². The highest BCUT2D eigenvalue weighted by Crippen LogP contribution is 2.53. The molecule has 0 radical (unpaired) electrons. The van der Waals surface area contributed by atoms with Crippen molar-refractivity contribution in [2.45, 2.75) is 83.8 Å². The van der Waals surface area contributed by atoms with Gasteiger partial charge in [0.1, 0.15) is 29.8 Å². The van der Waals surface area contributed by atoms with Crippen LogP contribution in [0.4, 0.5) is 4.79 Å². The van der Waals surface area contributed by atoms with Crippen LogP contribution in [0.1, 0.15) is 76.8 Å². The van der Waals surface area contributed by atoms with Crippen LogP contribution < -0.4 is 9.47 Å². The highest BCUT2D eigenvalue weighted by atomic mass is 16.7. The summed E-state index contributed by atoms with van der Waals surface area (Å²) in [7, 11) is 0. The van der Waals surface area contributed by atoms with E-state index >= 15 is 0 Å². The van der Waals surface area contributed by atoms with Gasteiger partial charge in [0.25, 0.3) is 0 Å². The largest absolute Gasteiger partial charge is 0.513 e. The van der Waals surface area contributed by atoms with Crippen molar-refractivity contribution in [3.8, 4) is 11.5 Å². The number of hydrogen-bond acceptors (Lipinski definition) is 6. The standard InChI is InChI=1S/C25H36O6/c1-5-6-7-8-17-12-21(30-24(28)29-15-18(27)14-26)23-19-11-16(2)9-10-20(19)25(3,4)31-22(23)13-17/h11-13,18-20,26-27H,5-10,14-15H2,1-4H3/t18-,19+,20?/m0/s1. The molecule has 31 heavy (non-hydrogen) atoms. The summed E-state index contributed by atoms with van der Waals surface area (Å²) < 4.78 is 17.1. The molecule has 0 bridgehead atoms. The van der Waals surface area contributed by atoms with Gasteiger partial charge in [-0.05, 0) is 64.2 Å². The second-order valence-electron chi connectivity index (χ2n) is 9.35. The number of rotatable bonds is 8. The number of aliphatic hydroxyl groups is 2. The highest BCUT2D eigenvalue weighted by molar-refractivity contribution is 5.67. The molecule has 3 atom stereocenters. The van der Waals surface area contributed by atoms with E-state index in [1.54, 1.807) is 0 Å². The van der Waals surface area contributed by atoms with Gasteiger partial charge < -0.3 is 24.4 Å². The zero-order valence-corrected chi connectivity index (χ0v) is 19.1. The van der Waals surface area contributed by atoms with E-state index in [0.29, 0.717) is 5.75 Å². The summed E-state index contributed by atoms with van der Waals surface area (Å²) in [4.78, 5) is 12.3. The van der Waals surface area contributed by atoms with Crippen LogP contribution in [0.5, 0.6) is 11.5 Å². The third kappa shape index (κ3) is 5.60. The van der Waals surface area contributed by atoms with E-state index in [0.717, 1.165) is 55.4 Å². The molecule has 172 valence electrons. The van der Waals surface area contributed by atoms with Crippen molar-refractivity contribution in [1.82, 2.24) is 0 Å². The maximum absolute atomic E-state index is 12.3. The molecule has 1 unspecified atom stereocenters. The molecule has 1 aliphatic carbocycles. The zero-order valence-electron chi connectivity index (χ0n) is 19.1. The van der Waals surface area contributed by atoms with Crippen LogP contribution in [-0.4, -0.2) is 41.3 Å². The van der Waals surface area contributed by atoms with Gasteiger partial charge in [-0.3, -0.25) is 0 Å². The van der Waals surface area contributed by atoms with Gasteiger partial charge in [-0.25, -0.2) is 4.79 Å². The Hall–Kier alpha value is -2.05. The van der Waals surface area contributed by atoms with E-state index < -0.39 is 18.9 Å². The Bertz CT molecular complexity index is 812. The normalized spacial score (nSPS) is 22.5. The Morgan fingerprint density at radius 2 is 2.10 bits per heavy atom. The predicted molar refractivity (Wildman–Crippen MR) is 119 cm³/mol. The molecule has 0 spiro atoms. The minimum absolute atomic E-state index is 0.100. The minimum Gasteiger partial charge on any atom is -0.487 e. The molecule has 2 N–H and O–H groups in total. The molecule has 0 saturated carbocycles. The molecule has 1 aromatic rings. The first-order valence-corrected chi connectivity index (χ1v) is 11.4. The fourth-order valence-electron chi connectivity index (χ4n) is 4.70. The monoisotopic (exact) mass is 432 g/mol. The van der Waals surface area contributed by atoms with Gasteiger partial charge in [-0.2, -0.15) is 0 Å². The van der Waals surface area contributed by atoms with Crippen molar-refractivity contribution in [2.24, 2.45) is 5.92 Å². The summed E-state index contributed by atoms with van der Waals surface area (Å²) in [5.74, 6) is 1.61. The van der Waals surface area contributed by atoms with Gasteiger partial charge in [0, 0.05) is 17.4 Å². The topological polar surface area (TPSA) is 85.2 Å². The van der Waals surface area contributed by atoms with Gasteiger partial charge in [-0.15, -0.1) is 0 Å². The second-order valence-corrected chi connectivity index (χ2v) is 9.35. The summed E-state index contributed by atoms with van der Waals surface area (Å²) in [5.41, 5.74) is 2.97. The Morgan fingerprint density at radius 1 is 1.32 bits per heavy atom. The van der Waals surface area contributed by atoms with Crippen LogP contribution in [0.25, 0.3) is 0 Å². The molecule has 1 aliphatic heterocycles. The van der Waals surface area contributed by atoms with Crippen molar-refractivity contribution >= 4 is 6.16 Å². The van der Waals surface area contributed by atoms with Crippen LogP contribution in [-0.2, 0) is 11.2 Å². The second kappa shape index (κ2) is 10.0. The molecular weight excluding hydrogens is 396 g/mol. The third-order valence-electron chi connectivity index (χ3n) is 6.38. The van der Waals surface area contributed by atoms with Crippen molar-refractivity contribution < 1.29 is 29.2 Å². The summed E-state index contributed by atoms with van der Waals surface area (Å²) in [6.45, 7) is 7.78. The van der Waals surface area contributed by atoms with Crippen LogP contribution in [0.15, 0.2) is 23.8 Å². The maximum atomic E-state index is 12.3. The van der Waals surface area contributed by atoms with E-state index in [9.17, 15) is 9.90 Å². The lowest BCUT2D eigenvalue weighted by atomic mass is 9.68. The number of allylic oxidation sites excluding steroid dienone is 2. The first-order valence-electron chi connectivity index (χ1n) is 11.4. The Balaban J connectivity index is 1.96. The number of carbonyl (C=O) groups is 1. The number of unbranched alkanes of at least 4 members (excludes halogenated alkanes) is 2. The van der Waals surface area contributed by atoms with Gasteiger partial charge >= 0.3 is 6.16 Å². The smallest absolute Gasteiger partial charge is 0.487 e. The number of carbonyl (C=O) groups excluding carboxylic acids is 1. The fraction of sp³-hybridized carbons (Fsp3) is 0.640. The van der Waals surface area contributed by atoms with Gasteiger partial charge in [0.2, 0.25) is 0 Å². The SMILES string of the molecule is CCCCCc1cc(OC(=O)OC[C@@H](O)CO)c2c(c1)OC(C)(C)C1CCC(C)=C[C@@H]21. The third-order valence-corrected chi connectivity index (χ3v) is 6.38. The Labute approximate surface area is 185 Å². The maximum Gasteiger partial charge on any atom is 0.513 e. The molecule has 0 saturated heterocycles. The van der Waals surface area contributed by atoms with Crippen LogP contribution in [0, 0.1) is 5.92 Å². The van der Waals surface area contributed by atoms with Crippen LogP contribution in [0.2, 0.25) is 0 Å². The first-order chi connectivity index (χ1) is 14.7. The molecule has 0 amide bonds. The molecular formula is C25H36O6. The van der Waals surface area contributed by atoms with E-state index in [1.165, 1.54) is 5.57 Å². The molecule has 3 rings (SSSR count). The zero-order chi connectivity index (χ0) is 22.6. The minimum atomic E-state index is -1.13. The summed E-state index contributed by atoms with van der Waals surface area (Å²) >= 11 is 0. The average Bonchev–Trinajstić information content (AvgIpc) is 2.71. The fourth-order valence-corrected chi connectivity index (χ4v) is 4.70. The highest BCUT2D eigenvalue weighted by Gasteiger charge is 2.45. The molecule has 1 heterocycles. The molecule has 6 nitrogen and oxygen atoms in total. The van der Waals surface area contributed by atoms with E-state index in [4.69, 9.17) is 19.3 Å². The average molecular weight is 433 g/mol. The van der Waals surface area contributed by atoms with Crippen molar-refractivity contribution in [2.75, 3.05) is 13.2 Å². The number of benzene rings is 1. The molecule has 1 aromatic carbocycles.